The smallest absolute Gasteiger partial charge is 0.0408 e. The summed E-state index contributed by atoms with van der Waals surface area (Å²) in [5.41, 5.74) is 3.93. The normalized spacial score (nSPS) is 11.6. The molecular weight excluding hydrogens is 399 g/mol. The molecule has 0 spiro atoms. The van der Waals surface area contributed by atoms with Gasteiger partial charge in [-0.15, -0.1) is 0 Å². The predicted octanol–water partition coefficient (Wildman–Crippen LogP) is 5.92. The van der Waals surface area contributed by atoms with E-state index in [2.05, 4.69) is 75.2 Å². The molecule has 3 heteroatoms. The number of rotatable bonds is 5. The second-order valence-corrected chi connectivity index (χ2v) is 6.78. The molecule has 0 unspecified atom stereocenters. The molecule has 106 valence electrons. The Morgan fingerprint density at radius 3 is 2.30 bits per heavy atom. The highest BCUT2D eigenvalue weighted by Gasteiger charge is 2.30. The Labute approximate surface area is 142 Å². The molecule has 0 nitrogen and oxygen atoms in total. The van der Waals surface area contributed by atoms with Crippen molar-refractivity contribution < 1.29 is 0 Å². The van der Waals surface area contributed by atoms with Crippen LogP contribution >= 0.6 is 43.5 Å². The molecule has 0 saturated heterocycles. The third kappa shape index (κ3) is 3.66. The lowest BCUT2D eigenvalue weighted by atomic mass is 9.79. The van der Waals surface area contributed by atoms with Gasteiger partial charge in [0.1, 0.15) is 0 Å². The number of halogens is 3. The maximum absolute atomic E-state index is 6.16. The average molecular weight is 417 g/mol. The molecule has 20 heavy (non-hydrogen) atoms. The molecule has 0 heterocycles. The minimum atomic E-state index is 0.0126. The third-order valence-electron chi connectivity index (χ3n) is 3.57. The first-order valence-corrected chi connectivity index (χ1v) is 9.15. The van der Waals surface area contributed by atoms with E-state index in [1.807, 2.05) is 12.1 Å². The lowest BCUT2D eigenvalue weighted by Gasteiger charge is -2.31. The summed E-state index contributed by atoms with van der Waals surface area (Å²) in [6, 6.07) is 16.9. The molecule has 2 aromatic carbocycles. The van der Waals surface area contributed by atoms with Crippen LogP contribution in [0.1, 0.15) is 16.7 Å². The monoisotopic (exact) mass is 414 g/mol. The fourth-order valence-corrected chi connectivity index (χ4v) is 4.58. The predicted molar refractivity (Wildman–Crippen MR) is 95.6 cm³/mol. The van der Waals surface area contributed by atoms with E-state index in [-0.39, 0.29) is 5.41 Å². The summed E-state index contributed by atoms with van der Waals surface area (Å²) in [5, 5.41) is 2.57. The van der Waals surface area contributed by atoms with Gasteiger partial charge in [-0.2, -0.15) is 0 Å². The summed E-state index contributed by atoms with van der Waals surface area (Å²) in [6.45, 7) is 2.13. The molecule has 0 saturated carbocycles. The molecule has 0 aliphatic carbocycles. The van der Waals surface area contributed by atoms with Crippen molar-refractivity contribution in [2.45, 2.75) is 18.8 Å². The Kier molecular flexibility index (Phi) is 5.71. The first-order chi connectivity index (χ1) is 9.59. The summed E-state index contributed by atoms with van der Waals surface area (Å²) in [6.07, 6.45) is 0.978. The Hall–Kier alpha value is -0.310. The van der Waals surface area contributed by atoms with Gasteiger partial charge in [0.15, 0.2) is 0 Å². The number of alkyl halides is 2. The molecule has 0 bridgehead atoms. The zero-order chi connectivity index (χ0) is 14.6. The maximum Gasteiger partial charge on any atom is 0.0408 e. The van der Waals surface area contributed by atoms with Crippen LogP contribution in [0.2, 0.25) is 5.02 Å². The Morgan fingerprint density at radius 1 is 1.00 bits per heavy atom. The van der Waals surface area contributed by atoms with Crippen LogP contribution in [0.25, 0.3) is 0 Å². The number of aryl methyl sites for hydroxylation is 1. The fourth-order valence-electron chi connectivity index (χ4n) is 2.42. The number of hydrogen-bond acceptors (Lipinski definition) is 0. The zero-order valence-corrected chi connectivity index (χ0v) is 15.3. The van der Waals surface area contributed by atoms with E-state index in [0.29, 0.717) is 0 Å². The van der Waals surface area contributed by atoms with Crippen molar-refractivity contribution in [2.75, 3.05) is 10.7 Å². The van der Waals surface area contributed by atoms with Gasteiger partial charge in [0.25, 0.3) is 0 Å². The zero-order valence-electron chi connectivity index (χ0n) is 11.4. The highest BCUT2D eigenvalue weighted by molar-refractivity contribution is 9.09. The molecule has 2 rings (SSSR count). The van der Waals surface area contributed by atoms with Crippen LogP contribution in [0.4, 0.5) is 0 Å². The molecule has 0 aliphatic rings. The lowest BCUT2D eigenvalue weighted by molar-refractivity contribution is 0.551. The van der Waals surface area contributed by atoms with Crippen molar-refractivity contribution in [1.29, 1.82) is 0 Å². The van der Waals surface area contributed by atoms with Crippen molar-refractivity contribution in [3.05, 3.63) is 70.2 Å². The van der Waals surface area contributed by atoms with Crippen molar-refractivity contribution in [1.82, 2.24) is 0 Å². The van der Waals surface area contributed by atoms with E-state index in [4.69, 9.17) is 11.6 Å². The Balaban J connectivity index is 2.39. The minimum absolute atomic E-state index is 0.0126. The van der Waals surface area contributed by atoms with E-state index in [1.165, 1.54) is 16.7 Å². The van der Waals surface area contributed by atoms with Gasteiger partial charge in [0.05, 0.1) is 0 Å². The Bertz CT molecular complexity index is 577. The first kappa shape index (κ1) is 16.1. The van der Waals surface area contributed by atoms with E-state index in [9.17, 15) is 0 Å². The molecule has 0 atom stereocenters. The summed E-state index contributed by atoms with van der Waals surface area (Å²) in [4.78, 5) is 0. The van der Waals surface area contributed by atoms with Gasteiger partial charge in [-0.1, -0.05) is 85.4 Å². The second-order valence-electron chi connectivity index (χ2n) is 5.22. The van der Waals surface area contributed by atoms with E-state index < -0.39 is 0 Å². The van der Waals surface area contributed by atoms with Crippen LogP contribution in [0.3, 0.4) is 0 Å². The van der Waals surface area contributed by atoms with Gasteiger partial charge in [0.2, 0.25) is 0 Å². The molecule has 2 aromatic rings. The topological polar surface area (TPSA) is 0 Å². The molecule has 0 fully saturated rings. The summed E-state index contributed by atoms with van der Waals surface area (Å²) in [5.74, 6) is 0. The van der Waals surface area contributed by atoms with Crippen LogP contribution in [-0.2, 0) is 11.8 Å². The van der Waals surface area contributed by atoms with Crippen LogP contribution in [0.5, 0.6) is 0 Å². The lowest BCUT2D eigenvalue weighted by Crippen LogP contribution is -2.33. The SMILES string of the molecule is Cc1cccc(CC(CBr)(CBr)c2cccc(Cl)c2)c1. The highest BCUT2D eigenvalue weighted by Crippen LogP contribution is 2.34. The van der Waals surface area contributed by atoms with Crippen molar-refractivity contribution >= 4 is 43.5 Å². The van der Waals surface area contributed by atoms with Gasteiger partial charge < -0.3 is 0 Å². The molecule has 0 amide bonds. The third-order valence-corrected chi connectivity index (χ3v) is 5.96. The van der Waals surface area contributed by atoms with Crippen molar-refractivity contribution in [3.63, 3.8) is 0 Å². The molecular formula is C17H17Br2Cl. The second kappa shape index (κ2) is 7.11. The molecule has 0 radical (unpaired) electrons. The average Bonchev–Trinajstić information content (AvgIpc) is 2.45. The standard InChI is InChI=1S/C17H17Br2Cl/c1-13-4-2-5-14(8-13)10-17(11-18,12-19)15-6-3-7-16(20)9-15/h2-9H,10-12H2,1H3. The van der Waals surface area contributed by atoms with E-state index >= 15 is 0 Å². The quantitative estimate of drug-likeness (QED) is 0.531. The van der Waals surface area contributed by atoms with Crippen LogP contribution in [-0.4, -0.2) is 10.7 Å². The molecule has 0 N–H and O–H groups in total. The largest absolute Gasteiger partial charge is 0.0918 e. The van der Waals surface area contributed by atoms with E-state index in [1.54, 1.807) is 0 Å². The van der Waals surface area contributed by atoms with Crippen molar-refractivity contribution in [2.24, 2.45) is 0 Å². The molecule has 0 aliphatic heterocycles. The maximum atomic E-state index is 6.16. The highest BCUT2D eigenvalue weighted by atomic mass is 79.9. The van der Waals surface area contributed by atoms with Gasteiger partial charge in [-0.05, 0) is 36.6 Å². The number of benzene rings is 2. The Morgan fingerprint density at radius 2 is 1.70 bits per heavy atom. The van der Waals surface area contributed by atoms with Crippen molar-refractivity contribution in [3.8, 4) is 0 Å². The van der Waals surface area contributed by atoms with Crippen LogP contribution in [0, 0.1) is 6.92 Å². The van der Waals surface area contributed by atoms with Gasteiger partial charge in [-0.3, -0.25) is 0 Å². The summed E-state index contributed by atoms with van der Waals surface area (Å²) in [7, 11) is 0. The summed E-state index contributed by atoms with van der Waals surface area (Å²) >= 11 is 13.6. The molecule has 0 aromatic heterocycles. The van der Waals surface area contributed by atoms with Gasteiger partial charge in [-0.25, -0.2) is 0 Å². The van der Waals surface area contributed by atoms with Crippen LogP contribution in [0.15, 0.2) is 48.5 Å². The fraction of sp³-hybridized carbons (Fsp3) is 0.294. The summed E-state index contributed by atoms with van der Waals surface area (Å²) < 4.78 is 0. The number of hydrogen-bond donors (Lipinski definition) is 0. The van der Waals surface area contributed by atoms with Crippen LogP contribution < -0.4 is 0 Å². The van der Waals surface area contributed by atoms with E-state index in [0.717, 1.165) is 22.1 Å². The minimum Gasteiger partial charge on any atom is -0.0918 e. The van der Waals surface area contributed by atoms with Gasteiger partial charge in [0, 0.05) is 21.1 Å². The van der Waals surface area contributed by atoms with Gasteiger partial charge >= 0.3 is 0 Å². The first-order valence-electron chi connectivity index (χ1n) is 6.53.